The summed E-state index contributed by atoms with van der Waals surface area (Å²) in [6.07, 6.45) is 2.21. The number of para-hydroxylation sites is 1. The van der Waals surface area contributed by atoms with Gasteiger partial charge >= 0.3 is 0 Å². The zero-order valence-corrected chi connectivity index (χ0v) is 8.30. The Bertz CT molecular complexity index is 549. The number of benzene rings is 2. The van der Waals surface area contributed by atoms with Crippen LogP contribution in [0.5, 0.6) is 0 Å². The number of rotatable bonds is 1. The highest BCUT2D eigenvalue weighted by Crippen LogP contribution is 2.18. The largest absolute Gasteiger partial charge is 0.272 e. The Labute approximate surface area is 88.4 Å². The lowest BCUT2D eigenvalue weighted by Crippen LogP contribution is -2.19. The van der Waals surface area contributed by atoms with E-state index in [0.29, 0.717) is 0 Å². The number of fused-ring (bicyclic) bond motifs is 1. The molecular weight excluding hydrogens is 182 g/mol. The van der Waals surface area contributed by atoms with Crippen LogP contribution in [0.25, 0.3) is 6.08 Å². The van der Waals surface area contributed by atoms with Crippen LogP contribution < -0.4 is 10.6 Å². The van der Waals surface area contributed by atoms with E-state index in [2.05, 4.69) is 53.5 Å². The van der Waals surface area contributed by atoms with Crippen molar-refractivity contribution in [2.24, 2.45) is 4.99 Å². The summed E-state index contributed by atoms with van der Waals surface area (Å²) in [5.74, 6) is 0. The van der Waals surface area contributed by atoms with E-state index in [1.165, 1.54) is 10.8 Å². The van der Waals surface area contributed by atoms with Gasteiger partial charge in [-0.15, -0.1) is 0 Å². The summed E-state index contributed by atoms with van der Waals surface area (Å²) >= 11 is 0. The Morgan fingerprint density at radius 2 is 1.53 bits per heavy atom. The molecule has 0 aliphatic carbocycles. The van der Waals surface area contributed by atoms with E-state index >= 15 is 0 Å². The summed E-state index contributed by atoms with van der Waals surface area (Å²) in [6, 6.07) is 18.9. The topological polar surface area (TPSA) is 12.4 Å². The van der Waals surface area contributed by atoms with E-state index in [-0.39, 0.29) is 6.04 Å². The SMILES string of the molecule is C1=c2ccccc2=NC1c1ccccc1. The van der Waals surface area contributed by atoms with Crippen molar-refractivity contribution in [1.82, 2.24) is 0 Å². The van der Waals surface area contributed by atoms with Crippen molar-refractivity contribution in [2.45, 2.75) is 6.04 Å². The molecule has 1 atom stereocenters. The van der Waals surface area contributed by atoms with Crippen LogP contribution in [0.4, 0.5) is 0 Å². The van der Waals surface area contributed by atoms with Crippen molar-refractivity contribution < 1.29 is 0 Å². The smallest absolute Gasteiger partial charge is 0.0947 e. The molecule has 15 heavy (non-hydrogen) atoms. The third kappa shape index (κ3) is 1.46. The molecule has 0 N–H and O–H groups in total. The molecule has 0 saturated carbocycles. The van der Waals surface area contributed by atoms with Gasteiger partial charge in [0.25, 0.3) is 0 Å². The van der Waals surface area contributed by atoms with Crippen LogP contribution in [-0.4, -0.2) is 0 Å². The van der Waals surface area contributed by atoms with E-state index in [1.807, 2.05) is 12.1 Å². The van der Waals surface area contributed by atoms with E-state index in [9.17, 15) is 0 Å². The van der Waals surface area contributed by atoms with Crippen LogP contribution in [-0.2, 0) is 0 Å². The van der Waals surface area contributed by atoms with Crippen LogP contribution in [0.15, 0.2) is 59.6 Å². The van der Waals surface area contributed by atoms with E-state index in [0.717, 1.165) is 5.36 Å². The maximum absolute atomic E-state index is 4.67. The monoisotopic (exact) mass is 193 g/mol. The lowest BCUT2D eigenvalue weighted by Gasteiger charge is -2.03. The van der Waals surface area contributed by atoms with Crippen LogP contribution in [0.2, 0.25) is 0 Å². The highest BCUT2D eigenvalue weighted by atomic mass is 14.8. The van der Waals surface area contributed by atoms with Gasteiger partial charge in [-0.25, -0.2) is 0 Å². The molecule has 2 aromatic carbocycles. The van der Waals surface area contributed by atoms with Crippen molar-refractivity contribution in [3.8, 4) is 0 Å². The molecule has 2 aromatic rings. The first-order valence-electron chi connectivity index (χ1n) is 5.13. The van der Waals surface area contributed by atoms with Crippen LogP contribution in [0, 0.1) is 0 Å². The average molecular weight is 193 g/mol. The van der Waals surface area contributed by atoms with Gasteiger partial charge in [0.15, 0.2) is 0 Å². The first-order chi connectivity index (χ1) is 7.43. The zero-order chi connectivity index (χ0) is 10.1. The van der Waals surface area contributed by atoms with Crippen LogP contribution in [0.3, 0.4) is 0 Å². The van der Waals surface area contributed by atoms with Gasteiger partial charge in [0, 0.05) is 0 Å². The molecule has 0 saturated heterocycles. The molecular formula is C14H11N. The van der Waals surface area contributed by atoms with Gasteiger partial charge in [0.05, 0.1) is 11.4 Å². The maximum Gasteiger partial charge on any atom is 0.0947 e. The number of hydrogen-bond donors (Lipinski definition) is 0. The van der Waals surface area contributed by atoms with E-state index < -0.39 is 0 Å². The molecule has 0 aromatic heterocycles. The molecule has 1 unspecified atom stereocenters. The highest BCUT2D eigenvalue weighted by Gasteiger charge is 2.09. The van der Waals surface area contributed by atoms with Crippen molar-refractivity contribution in [3.63, 3.8) is 0 Å². The molecule has 1 heterocycles. The second kappa shape index (κ2) is 3.35. The molecule has 3 rings (SSSR count). The third-order valence-corrected chi connectivity index (χ3v) is 2.69. The lowest BCUT2D eigenvalue weighted by atomic mass is 10.1. The van der Waals surface area contributed by atoms with E-state index in [1.54, 1.807) is 0 Å². The van der Waals surface area contributed by atoms with Gasteiger partial charge in [-0.3, -0.25) is 4.99 Å². The fourth-order valence-corrected chi connectivity index (χ4v) is 1.92. The first-order valence-corrected chi connectivity index (χ1v) is 5.13. The van der Waals surface area contributed by atoms with Crippen LogP contribution in [0.1, 0.15) is 11.6 Å². The average Bonchev–Trinajstić information content (AvgIpc) is 2.74. The Morgan fingerprint density at radius 3 is 2.33 bits per heavy atom. The summed E-state index contributed by atoms with van der Waals surface area (Å²) in [6.45, 7) is 0. The standard InChI is InChI=1S/C14H11N/c1-2-6-11(7-3-1)14-10-12-8-4-5-9-13(12)15-14/h1-10,14H. The first kappa shape index (κ1) is 8.42. The summed E-state index contributed by atoms with van der Waals surface area (Å²) in [5, 5.41) is 2.35. The van der Waals surface area contributed by atoms with Crippen molar-refractivity contribution in [3.05, 3.63) is 70.7 Å². The number of nitrogens with zero attached hydrogens (tertiary/aromatic N) is 1. The van der Waals surface area contributed by atoms with Crippen molar-refractivity contribution >= 4 is 6.08 Å². The highest BCUT2D eigenvalue weighted by molar-refractivity contribution is 5.41. The molecule has 0 bridgehead atoms. The normalized spacial score (nSPS) is 17.7. The van der Waals surface area contributed by atoms with Gasteiger partial charge < -0.3 is 0 Å². The molecule has 0 fully saturated rings. The fraction of sp³-hybridized carbons (Fsp3) is 0.0714. The molecule has 1 nitrogen and oxygen atoms in total. The third-order valence-electron chi connectivity index (χ3n) is 2.69. The van der Waals surface area contributed by atoms with Crippen molar-refractivity contribution in [2.75, 3.05) is 0 Å². The molecule has 1 heteroatoms. The predicted octanol–water partition coefficient (Wildman–Crippen LogP) is 1.84. The lowest BCUT2D eigenvalue weighted by molar-refractivity contribution is 0.942. The Morgan fingerprint density at radius 1 is 0.800 bits per heavy atom. The summed E-state index contributed by atoms with van der Waals surface area (Å²) in [5.41, 5.74) is 1.26. The molecule has 1 aliphatic heterocycles. The molecule has 0 spiro atoms. The second-order valence-corrected chi connectivity index (χ2v) is 3.71. The molecule has 0 radical (unpaired) electrons. The molecule has 0 amide bonds. The van der Waals surface area contributed by atoms with Gasteiger partial charge in [0.1, 0.15) is 0 Å². The minimum absolute atomic E-state index is 0.198. The van der Waals surface area contributed by atoms with Gasteiger partial charge in [-0.05, 0) is 22.9 Å². The maximum atomic E-state index is 4.67. The quantitative estimate of drug-likeness (QED) is 0.655. The van der Waals surface area contributed by atoms with Gasteiger partial charge in [0.2, 0.25) is 0 Å². The van der Waals surface area contributed by atoms with Crippen molar-refractivity contribution in [1.29, 1.82) is 0 Å². The Balaban J connectivity index is 2.12. The zero-order valence-electron chi connectivity index (χ0n) is 8.30. The van der Waals surface area contributed by atoms with Crippen LogP contribution >= 0.6 is 0 Å². The summed E-state index contributed by atoms with van der Waals surface area (Å²) in [7, 11) is 0. The van der Waals surface area contributed by atoms with Gasteiger partial charge in [-0.2, -0.15) is 0 Å². The number of hydrogen-bond acceptors (Lipinski definition) is 1. The fourth-order valence-electron chi connectivity index (χ4n) is 1.92. The molecule has 72 valence electrons. The van der Waals surface area contributed by atoms with Gasteiger partial charge in [-0.1, -0.05) is 48.5 Å². The predicted molar refractivity (Wildman–Crippen MR) is 60.9 cm³/mol. The summed E-state index contributed by atoms with van der Waals surface area (Å²) in [4.78, 5) is 4.67. The minimum Gasteiger partial charge on any atom is -0.272 e. The van der Waals surface area contributed by atoms with E-state index in [4.69, 9.17) is 0 Å². The molecule has 1 aliphatic rings. The Kier molecular flexibility index (Phi) is 1.88. The second-order valence-electron chi connectivity index (χ2n) is 3.71. The minimum atomic E-state index is 0.198. The Hall–Kier alpha value is -1.89. The summed E-state index contributed by atoms with van der Waals surface area (Å²) < 4.78 is 0.